The molecule has 2 N–H and O–H groups in total. The molecule has 0 bridgehead atoms. The van der Waals surface area contributed by atoms with E-state index < -0.39 is 0 Å². The van der Waals surface area contributed by atoms with Crippen molar-refractivity contribution in [3.05, 3.63) is 89.7 Å². The second kappa shape index (κ2) is 10.1. The fraction of sp³-hybridized carbons (Fsp3) is 0.217. The Balaban J connectivity index is 1.49. The van der Waals surface area contributed by atoms with E-state index in [0.717, 1.165) is 30.0 Å². The van der Waals surface area contributed by atoms with E-state index in [-0.39, 0.29) is 5.91 Å². The molecule has 2 aromatic carbocycles. The lowest BCUT2D eigenvalue weighted by molar-refractivity contribution is 0.0953. The molecule has 3 rings (SSSR count). The first-order valence-electron chi connectivity index (χ1n) is 9.39. The largest absolute Gasteiger partial charge is 0.496 e. The van der Waals surface area contributed by atoms with Gasteiger partial charge in [-0.2, -0.15) is 0 Å². The lowest BCUT2D eigenvalue weighted by Gasteiger charge is -2.10. The Bertz CT molecular complexity index is 897. The molecule has 0 radical (unpaired) electrons. The first-order chi connectivity index (χ1) is 13.8. The number of amides is 1. The number of para-hydroxylation sites is 1. The molecule has 1 amide bonds. The molecule has 0 aliphatic rings. The van der Waals surface area contributed by atoms with Gasteiger partial charge in [-0.3, -0.25) is 9.78 Å². The van der Waals surface area contributed by atoms with Gasteiger partial charge in [0.2, 0.25) is 0 Å². The predicted molar refractivity (Wildman–Crippen MR) is 112 cm³/mol. The van der Waals surface area contributed by atoms with Crippen molar-refractivity contribution >= 4 is 11.6 Å². The van der Waals surface area contributed by atoms with Gasteiger partial charge < -0.3 is 15.4 Å². The molecule has 0 saturated carbocycles. The van der Waals surface area contributed by atoms with Gasteiger partial charge in [-0.25, -0.2) is 0 Å². The number of nitrogens with zero attached hydrogens (tertiary/aromatic N) is 1. The van der Waals surface area contributed by atoms with Crippen LogP contribution in [0.1, 0.15) is 21.5 Å². The number of hydrogen-bond donors (Lipinski definition) is 2. The van der Waals surface area contributed by atoms with Crippen molar-refractivity contribution in [3.63, 3.8) is 0 Å². The Morgan fingerprint density at radius 3 is 2.57 bits per heavy atom. The number of rotatable bonds is 9. The Labute approximate surface area is 165 Å². The maximum absolute atomic E-state index is 12.4. The Morgan fingerprint density at radius 1 is 0.964 bits per heavy atom. The Hall–Kier alpha value is -3.34. The summed E-state index contributed by atoms with van der Waals surface area (Å²) in [6.45, 7) is 1.31. The van der Waals surface area contributed by atoms with Gasteiger partial charge in [-0.05, 0) is 36.1 Å². The molecule has 0 aliphatic carbocycles. The third-order valence-electron chi connectivity index (χ3n) is 4.46. The zero-order chi connectivity index (χ0) is 19.6. The highest BCUT2D eigenvalue weighted by Crippen LogP contribution is 2.17. The zero-order valence-corrected chi connectivity index (χ0v) is 16.0. The maximum Gasteiger partial charge on any atom is 0.252 e. The second-order valence-electron chi connectivity index (χ2n) is 6.44. The van der Waals surface area contributed by atoms with Gasteiger partial charge in [0, 0.05) is 25.5 Å². The SMILES string of the molecule is COc1ccccc1CCNC(=O)c1cncc(NCCc2ccccc2)c1. The van der Waals surface area contributed by atoms with Crippen molar-refractivity contribution < 1.29 is 9.53 Å². The number of methoxy groups -OCH3 is 1. The summed E-state index contributed by atoms with van der Waals surface area (Å²) in [5, 5.41) is 6.27. The van der Waals surface area contributed by atoms with E-state index in [1.54, 1.807) is 19.5 Å². The molecular formula is C23H25N3O2. The summed E-state index contributed by atoms with van der Waals surface area (Å²) >= 11 is 0. The fourth-order valence-electron chi connectivity index (χ4n) is 2.98. The van der Waals surface area contributed by atoms with E-state index in [9.17, 15) is 4.79 Å². The monoisotopic (exact) mass is 375 g/mol. The first-order valence-corrected chi connectivity index (χ1v) is 9.39. The summed E-state index contributed by atoms with van der Waals surface area (Å²) in [5.41, 5.74) is 3.73. The van der Waals surface area contributed by atoms with Crippen LogP contribution in [0.25, 0.3) is 0 Å². The zero-order valence-electron chi connectivity index (χ0n) is 16.0. The van der Waals surface area contributed by atoms with E-state index in [1.165, 1.54) is 5.56 Å². The number of ether oxygens (including phenoxy) is 1. The average Bonchev–Trinajstić information content (AvgIpc) is 2.75. The fourth-order valence-corrected chi connectivity index (χ4v) is 2.98. The van der Waals surface area contributed by atoms with E-state index in [2.05, 4.69) is 27.8 Å². The van der Waals surface area contributed by atoms with E-state index in [1.807, 2.05) is 48.5 Å². The molecule has 0 aliphatic heterocycles. The van der Waals surface area contributed by atoms with Crippen LogP contribution in [0.4, 0.5) is 5.69 Å². The number of nitrogens with one attached hydrogen (secondary N) is 2. The number of benzene rings is 2. The van der Waals surface area contributed by atoms with Crippen LogP contribution in [-0.2, 0) is 12.8 Å². The van der Waals surface area contributed by atoms with Gasteiger partial charge in [0.1, 0.15) is 5.75 Å². The van der Waals surface area contributed by atoms with Gasteiger partial charge in [0.15, 0.2) is 0 Å². The van der Waals surface area contributed by atoms with Crippen LogP contribution in [-0.4, -0.2) is 31.1 Å². The summed E-state index contributed by atoms with van der Waals surface area (Å²) in [6, 6.07) is 19.9. The van der Waals surface area contributed by atoms with Crippen molar-refractivity contribution in [2.45, 2.75) is 12.8 Å². The van der Waals surface area contributed by atoms with Crippen LogP contribution in [0.2, 0.25) is 0 Å². The van der Waals surface area contributed by atoms with Crippen LogP contribution < -0.4 is 15.4 Å². The average molecular weight is 375 g/mol. The number of pyridine rings is 1. The van der Waals surface area contributed by atoms with Crippen molar-refractivity contribution in [1.82, 2.24) is 10.3 Å². The topological polar surface area (TPSA) is 63.2 Å². The maximum atomic E-state index is 12.4. The second-order valence-corrected chi connectivity index (χ2v) is 6.44. The molecule has 5 nitrogen and oxygen atoms in total. The smallest absolute Gasteiger partial charge is 0.252 e. The van der Waals surface area contributed by atoms with E-state index in [4.69, 9.17) is 4.74 Å². The third-order valence-corrected chi connectivity index (χ3v) is 4.46. The van der Waals surface area contributed by atoms with Crippen molar-refractivity contribution in [2.75, 3.05) is 25.5 Å². The molecule has 0 unspecified atom stereocenters. The van der Waals surface area contributed by atoms with Crippen LogP contribution in [0.5, 0.6) is 5.75 Å². The highest BCUT2D eigenvalue weighted by atomic mass is 16.5. The molecule has 0 saturated heterocycles. The van der Waals surface area contributed by atoms with Crippen molar-refractivity contribution in [3.8, 4) is 5.75 Å². The third kappa shape index (κ3) is 5.58. The van der Waals surface area contributed by atoms with Gasteiger partial charge >= 0.3 is 0 Å². The summed E-state index contributed by atoms with van der Waals surface area (Å²) < 4.78 is 5.34. The lowest BCUT2D eigenvalue weighted by atomic mass is 10.1. The Morgan fingerprint density at radius 2 is 1.75 bits per heavy atom. The number of anilines is 1. The number of aromatic nitrogens is 1. The molecule has 144 valence electrons. The minimum absolute atomic E-state index is 0.130. The van der Waals surface area contributed by atoms with Crippen molar-refractivity contribution in [1.29, 1.82) is 0 Å². The van der Waals surface area contributed by atoms with Crippen molar-refractivity contribution in [2.24, 2.45) is 0 Å². The van der Waals surface area contributed by atoms with E-state index in [0.29, 0.717) is 18.5 Å². The standard InChI is InChI=1S/C23H25N3O2/c1-28-22-10-6-5-9-19(22)12-14-26-23(27)20-15-21(17-24-16-20)25-13-11-18-7-3-2-4-8-18/h2-10,15-17,25H,11-14H2,1H3,(H,26,27). The van der Waals surface area contributed by atoms with Crippen LogP contribution >= 0.6 is 0 Å². The lowest BCUT2D eigenvalue weighted by Crippen LogP contribution is -2.26. The highest BCUT2D eigenvalue weighted by molar-refractivity contribution is 5.94. The minimum atomic E-state index is -0.130. The number of carbonyl (C=O) groups is 1. The first kappa shape index (κ1) is 19.4. The summed E-state index contributed by atoms with van der Waals surface area (Å²) in [4.78, 5) is 16.6. The molecule has 0 fully saturated rings. The highest BCUT2D eigenvalue weighted by Gasteiger charge is 2.08. The van der Waals surface area contributed by atoms with Gasteiger partial charge in [0.25, 0.3) is 5.91 Å². The molecule has 0 atom stereocenters. The number of carbonyl (C=O) groups excluding carboxylic acids is 1. The molecule has 1 aromatic heterocycles. The molecule has 28 heavy (non-hydrogen) atoms. The minimum Gasteiger partial charge on any atom is -0.496 e. The van der Waals surface area contributed by atoms with E-state index >= 15 is 0 Å². The number of hydrogen-bond acceptors (Lipinski definition) is 4. The molecule has 1 heterocycles. The molecule has 0 spiro atoms. The van der Waals surface area contributed by atoms with Gasteiger partial charge in [0.05, 0.1) is 18.4 Å². The molecule has 3 aromatic rings. The Kier molecular flexibility index (Phi) is 7.01. The van der Waals surface area contributed by atoms with Gasteiger partial charge in [-0.1, -0.05) is 48.5 Å². The normalized spacial score (nSPS) is 10.3. The summed E-state index contributed by atoms with van der Waals surface area (Å²) in [7, 11) is 1.65. The van der Waals surface area contributed by atoms with Crippen LogP contribution in [0, 0.1) is 0 Å². The summed E-state index contributed by atoms with van der Waals surface area (Å²) in [5.74, 6) is 0.706. The molecule has 5 heteroatoms. The predicted octanol–water partition coefficient (Wildman–Crippen LogP) is 3.72. The summed E-state index contributed by atoms with van der Waals surface area (Å²) in [6.07, 6.45) is 4.94. The van der Waals surface area contributed by atoms with Crippen LogP contribution in [0.3, 0.4) is 0 Å². The molecular weight excluding hydrogens is 350 g/mol. The van der Waals surface area contributed by atoms with Crippen LogP contribution in [0.15, 0.2) is 73.1 Å². The van der Waals surface area contributed by atoms with Gasteiger partial charge in [-0.15, -0.1) is 0 Å². The quantitative estimate of drug-likeness (QED) is 0.598.